The second-order valence-corrected chi connectivity index (χ2v) is 5.49. The number of anilines is 1. The standard InChI is InChI=1S/C14H13ClN2OS/c1-2-9-3-4-10(18-9)7-16-13-11(15)5-6-12-14(13)17-8-19-12/h3-6,8,16H,2,7H2,1H3. The normalized spacial score (nSPS) is 11.1. The molecule has 0 unspecified atom stereocenters. The van der Waals surface area contributed by atoms with E-state index in [1.54, 1.807) is 11.3 Å². The summed E-state index contributed by atoms with van der Waals surface area (Å²) >= 11 is 7.84. The molecule has 3 nitrogen and oxygen atoms in total. The van der Waals surface area contributed by atoms with Crippen molar-refractivity contribution in [3.05, 3.63) is 46.3 Å². The fourth-order valence-corrected chi connectivity index (χ4v) is 2.86. The van der Waals surface area contributed by atoms with Gasteiger partial charge in [0, 0.05) is 6.42 Å². The quantitative estimate of drug-likeness (QED) is 0.756. The van der Waals surface area contributed by atoms with Crippen molar-refractivity contribution in [1.29, 1.82) is 0 Å². The molecule has 0 amide bonds. The third-order valence-electron chi connectivity index (χ3n) is 2.96. The SMILES string of the molecule is CCc1ccc(CNc2c(Cl)ccc3scnc23)o1. The fourth-order valence-electron chi connectivity index (χ4n) is 1.96. The number of hydrogen-bond acceptors (Lipinski definition) is 4. The summed E-state index contributed by atoms with van der Waals surface area (Å²) in [7, 11) is 0. The van der Waals surface area contributed by atoms with E-state index in [4.69, 9.17) is 16.0 Å². The molecule has 0 aliphatic carbocycles. The first kappa shape index (κ1) is 12.5. The van der Waals surface area contributed by atoms with Crippen molar-refractivity contribution >= 4 is 38.8 Å². The second kappa shape index (κ2) is 5.23. The van der Waals surface area contributed by atoms with E-state index < -0.39 is 0 Å². The van der Waals surface area contributed by atoms with E-state index in [9.17, 15) is 0 Å². The van der Waals surface area contributed by atoms with E-state index in [-0.39, 0.29) is 0 Å². The van der Waals surface area contributed by atoms with Gasteiger partial charge in [0.1, 0.15) is 17.0 Å². The summed E-state index contributed by atoms with van der Waals surface area (Å²) in [6.45, 7) is 2.68. The van der Waals surface area contributed by atoms with Crippen LogP contribution in [0.1, 0.15) is 18.4 Å². The van der Waals surface area contributed by atoms with Crippen LogP contribution < -0.4 is 5.32 Å². The Morgan fingerprint density at radius 1 is 1.26 bits per heavy atom. The maximum Gasteiger partial charge on any atom is 0.123 e. The Kier molecular flexibility index (Phi) is 3.44. The monoisotopic (exact) mass is 292 g/mol. The summed E-state index contributed by atoms with van der Waals surface area (Å²) in [6, 6.07) is 7.87. The molecule has 0 atom stereocenters. The number of aromatic nitrogens is 1. The molecule has 19 heavy (non-hydrogen) atoms. The molecule has 1 aromatic carbocycles. The molecule has 0 bridgehead atoms. The van der Waals surface area contributed by atoms with E-state index in [1.165, 1.54) is 0 Å². The number of fused-ring (bicyclic) bond motifs is 1. The Balaban J connectivity index is 1.84. The van der Waals surface area contributed by atoms with Crippen molar-refractivity contribution in [1.82, 2.24) is 4.98 Å². The van der Waals surface area contributed by atoms with Crippen LogP contribution >= 0.6 is 22.9 Å². The molecule has 0 saturated carbocycles. The molecule has 0 fully saturated rings. The van der Waals surface area contributed by atoms with Gasteiger partial charge in [0.15, 0.2) is 0 Å². The van der Waals surface area contributed by atoms with Crippen molar-refractivity contribution in [2.24, 2.45) is 0 Å². The first-order chi connectivity index (χ1) is 9.28. The molecular formula is C14H13ClN2OS. The number of hydrogen-bond donors (Lipinski definition) is 1. The average Bonchev–Trinajstić information content (AvgIpc) is 3.05. The zero-order chi connectivity index (χ0) is 13.2. The van der Waals surface area contributed by atoms with Crippen LogP contribution in [0.3, 0.4) is 0 Å². The van der Waals surface area contributed by atoms with Gasteiger partial charge < -0.3 is 9.73 Å². The van der Waals surface area contributed by atoms with Crippen LogP contribution in [0.25, 0.3) is 10.2 Å². The lowest BCUT2D eigenvalue weighted by atomic mass is 10.3. The molecule has 0 aliphatic rings. The van der Waals surface area contributed by atoms with Crippen molar-refractivity contribution in [3.8, 4) is 0 Å². The van der Waals surface area contributed by atoms with Gasteiger partial charge in [-0.1, -0.05) is 18.5 Å². The topological polar surface area (TPSA) is 38.1 Å². The van der Waals surface area contributed by atoms with Gasteiger partial charge in [-0.05, 0) is 24.3 Å². The number of thiazole rings is 1. The van der Waals surface area contributed by atoms with E-state index in [1.807, 2.05) is 29.8 Å². The number of furan rings is 1. The number of rotatable bonds is 4. The molecule has 3 rings (SSSR count). The van der Waals surface area contributed by atoms with E-state index in [0.29, 0.717) is 11.6 Å². The van der Waals surface area contributed by atoms with E-state index in [0.717, 1.165) is 33.8 Å². The average molecular weight is 293 g/mol. The number of aryl methyl sites for hydroxylation is 1. The van der Waals surface area contributed by atoms with Crippen LogP contribution in [0.5, 0.6) is 0 Å². The molecule has 0 saturated heterocycles. The number of nitrogens with zero attached hydrogens (tertiary/aromatic N) is 1. The van der Waals surface area contributed by atoms with Gasteiger partial charge in [0.2, 0.25) is 0 Å². The Hall–Kier alpha value is -1.52. The lowest BCUT2D eigenvalue weighted by Crippen LogP contribution is -1.99. The fraction of sp³-hybridized carbons (Fsp3) is 0.214. The van der Waals surface area contributed by atoms with Crippen LogP contribution in [-0.2, 0) is 13.0 Å². The minimum atomic E-state index is 0.607. The minimum Gasteiger partial charge on any atom is -0.464 e. The Morgan fingerprint density at radius 3 is 2.89 bits per heavy atom. The highest BCUT2D eigenvalue weighted by Crippen LogP contribution is 2.32. The van der Waals surface area contributed by atoms with Crippen molar-refractivity contribution in [3.63, 3.8) is 0 Å². The Bertz CT molecular complexity index is 704. The van der Waals surface area contributed by atoms with Gasteiger partial charge in [-0.15, -0.1) is 11.3 Å². The van der Waals surface area contributed by atoms with Gasteiger partial charge in [-0.2, -0.15) is 0 Å². The third-order valence-corrected chi connectivity index (χ3v) is 4.07. The summed E-state index contributed by atoms with van der Waals surface area (Å²) < 4.78 is 6.79. The maximum absolute atomic E-state index is 6.23. The first-order valence-electron chi connectivity index (χ1n) is 6.11. The predicted molar refractivity (Wildman–Crippen MR) is 80.0 cm³/mol. The predicted octanol–water partition coefficient (Wildman–Crippen LogP) is 4.72. The highest BCUT2D eigenvalue weighted by atomic mass is 35.5. The summed E-state index contributed by atoms with van der Waals surface area (Å²) in [5.41, 5.74) is 3.61. The van der Waals surface area contributed by atoms with Crippen LogP contribution in [0.4, 0.5) is 5.69 Å². The van der Waals surface area contributed by atoms with Gasteiger partial charge in [-0.3, -0.25) is 0 Å². The highest BCUT2D eigenvalue weighted by Gasteiger charge is 2.09. The molecule has 98 valence electrons. The summed E-state index contributed by atoms with van der Waals surface area (Å²) in [6.07, 6.45) is 0.905. The van der Waals surface area contributed by atoms with Crippen molar-refractivity contribution in [2.45, 2.75) is 19.9 Å². The molecule has 5 heteroatoms. The van der Waals surface area contributed by atoms with Crippen LogP contribution in [0.2, 0.25) is 5.02 Å². The Morgan fingerprint density at radius 2 is 2.11 bits per heavy atom. The first-order valence-corrected chi connectivity index (χ1v) is 7.37. The van der Waals surface area contributed by atoms with Gasteiger partial charge >= 0.3 is 0 Å². The van der Waals surface area contributed by atoms with Crippen molar-refractivity contribution in [2.75, 3.05) is 5.32 Å². The third kappa shape index (κ3) is 2.46. The van der Waals surface area contributed by atoms with Crippen molar-refractivity contribution < 1.29 is 4.42 Å². The molecule has 1 N–H and O–H groups in total. The lowest BCUT2D eigenvalue weighted by molar-refractivity contribution is 0.476. The van der Waals surface area contributed by atoms with Crippen LogP contribution in [0, 0.1) is 0 Å². The van der Waals surface area contributed by atoms with Gasteiger partial charge in [0.25, 0.3) is 0 Å². The molecule has 2 aromatic heterocycles. The lowest BCUT2D eigenvalue weighted by Gasteiger charge is -2.07. The molecule has 0 aliphatic heterocycles. The zero-order valence-corrected chi connectivity index (χ0v) is 12.0. The zero-order valence-electron chi connectivity index (χ0n) is 10.4. The largest absolute Gasteiger partial charge is 0.464 e. The highest BCUT2D eigenvalue weighted by molar-refractivity contribution is 7.16. The van der Waals surface area contributed by atoms with Crippen LogP contribution in [0.15, 0.2) is 34.2 Å². The smallest absolute Gasteiger partial charge is 0.123 e. The summed E-state index contributed by atoms with van der Waals surface area (Å²) in [5, 5.41) is 4.00. The minimum absolute atomic E-state index is 0.607. The van der Waals surface area contributed by atoms with Gasteiger partial charge in [-0.25, -0.2) is 4.98 Å². The molecule has 0 radical (unpaired) electrons. The van der Waals surface area contributed by atoms with Gasteiger partial charge in [0.05, 0.1) is 27.5 Å². The molecule has 2 heterocycles. The second-order valence-electron chi connectivity index (χ2n) is 4.20. The van der Waals surface area contributed by atoms with Crippen LogP contribution in [-0.4, -0.2) is 4.98 Å². The number of halogens is 1. The molecule has 0 spiro atoms. The Labute approximate surface area is 120 Å². The van der Waals surface area contributed by atoms with E-state index >= 15 is 0 Å². The summed E-state index contributed by atoms with van der Waals surface area (Å²) in [5.74, 6) is 1.90. The number of nitrogens with one attached hydrogen (secondary N) is 1. The number of benzene rings is 1. The van der Waals surface area contributed by atoms with E-state index in [2.05, 4.69) is 17.2 Å². The summed E-state index contributed by atoms with van der Waals surface area (Å²) in [4.78, 5) is 4.35. The molecule has 3 aromatic rings. The maximum atomic E-state index is 6.23. The molecular weight excluding hydrogens is 280 g/mol.